The fourth-order valence-electron chi connectivity index (χ4n) is 2.61. The lowest BCUT2D eigenvalue weighted by atomic mass is 10.1. The number of ether oxygens (including phenoxy) is 1. The summed E-state index contributed by atoms with van der Waals surface area (Å²) in [5, 5.41) is 4.40. The first-order valence-electron chi connectivity index (χ1n) is 6.93. The van der Waals surface area contributed by atoms with Crippen LogP contribution in [-0.2, 0) is 9.84 Å². The monoisotopic (exact) mass is 320 g/mol. The maximum Gasteiger partial charge on any atom is 0.270 e. The van der Waals surface area contributed by atoms with E-state index >= 15 is 0 Å². The molecule has 0 unspecified atom stereocenters. The zero-order valence-electron chi connectivity index (χ0n) is 12.1. The summed E-state index contributed by atoms with van der Waals surface area (Å²) >= 11 is 0. The Balaban J connectivity index is 1.88. The molecule has 1 aliphatic rings. The molecular formula is C15H16N2O4S. The zero-order chi connectivity index (χ0) is 15.7. The summed E-state index contributed by atoms with van der Waals surface area (Å²) in [7, 11) is -1.53. The van der Waals surface area contributed by atoms with Crippen molar-refractivity contribution in [2.75, 3.05) is 18.6 Å². The normalized spacial score (nSPS) is 20.0. The molecular weight excluding hydrogens is 304 g/mol. The van der Waals surface area contributed by atoms with Crippen molar-refractivity contribution in [1.82, 2.24) is 10.3 Å². The SMILES string of the molecule is COc1nc(C(=O)N[C@@H]2CCS(=O)(=O)C2)cc2ccccc12. The van der Waals surface area contributed by atoms with Gasteiger partial charge in [-0.3, -0.25) is 4.79 Å². The quantitative estimate of drug-likeness (QED) is 0.917. The van der Waals surface area contributed by atoms with Gasteiger partial charge < -0.3 is 10.1 Å². The van der Waals surface area contributed by atoms with Crippen LogP contribution in [-0.4, -0.2) is 44.0 Å². The first kappa shape index (κ1) is 14.8. The number of sulfone groups is 1. The summed E-state index contributed by atoms with van der Waals surface area (Å²) in [6.45, 7) is 0. The molecule has 0 saturated carbocycles. The average molecular weight is 320 g/mol. The van der Waals surface area contributed by atoms with Gasteiger partial charge in [0.25, 0.3) is 5.91 Å². The molecule has 0 radical (unpaired) electrons. The van der Waals surface area contributed by atoms with Gasteiger partial charge >= 0.3 is 0 Å². The van der Waals surface area contributed by atoms with Gasteiger partial charge in [0.05, 0.1) is 18.6 Å². The second kappa shape index (κ2) is 5.57. The molecule has 2 heterocycles. The molecule has 0 aliphatic carbocycles. The highest BCUT2D eigenvalue weighted by Gasteiger charge is 2.29. The Morgan fingerprint density at radius 3 is 2.82 bits per heavy atom. The van der Waals surface area contributed by atoms with E-state index in [2.05, 4.69) is 10.3 Å². The maximum absolute atomic E-state index is 12.3. The molecule has 1 aliphatic heterocycles. The highest BCUT2D eigenvalue weighted by molar-refractivity contribution is 7.91. The van der Waals surface area contributed by atoms with Crippen LogP contribution in [0.1, 0.15) is 16.9 Å². The van der Waals surface area contributed by atoms with Crippen LogP contribution in [0.4, 0.5) is 0 Å². The summed E-state index contributed by atoms with van der Waals surface area (Å²) in [5.74, 6) is 0.101. The van der Waals surface area contributed by atoms with Crippen LogP contribution in [0.15, 0.2) is 30.3 Å². The Morgan fingerprint density at radius 1 is 1.36 bits per heavy atom. The number of methoxy groups -OCH3 is 1. The summed E-state index contributed by atoms with van der Waals surface area (Å²) in [5.41, 5.74) is 0.222. The van der Waals surface area contributed by atoms with Crippen LogP contribution in [0.3, 0.4) is 0 Å². The number of rotatable bonds is 3. The van der Waals surface area contributed by atoms with E-state index in [-0.39, 0.29) is 29.1 Å². The van der Waals surface area contributed by atoms with Crippen molar-refractivity contribution in [3.63, 3.8) is 0 Å². The lowest BCUT2D eigenvalue weighted by molar-refractivity contribution is 0.0935. The summed E-state index contributed by atoms with van der Waals surface area (Å²) in [6, 6.07) is 8.80. The van der Waals surface area contributed by atoms with E-state index in [1.807, 2.05) is 24.3 Å². The highest BCUT2D eigenvalue weighted by Crippen LogP contribution is 2.24. The lowest BCUT2D eigenvalue weighted by Gasteiger charge is -2.12. The van der Waals surface area contributed by atoms with Crippen LogP contribution < -0.4 is 10.1 Å². The van der Waals surface area contributed by atoms with Crippen molar-refractivity contribution in [3.8, 4) is 5.88 Å². The van der Waals surface area contributed by atoms with Crippen LogP contribution >= 0.6 is 0 Å². The number of nitrogens with one attached hydrogen (secondary N) is 1. The van der Waals surface area contributed by atoms with Crippen LogP contribution in [0, 0.1) is 0 Å². The summed E-state index contributed by atoms with van der Waals surface area (Å²) in [6.07, 6.45) is 0.443. The first-order chi connectivity index (χ1) is 10.5. The van der Waals surface area contributed by atoms with Gasteiger partial charge in [-0.2, -0.15) is 0 Å². The molecule has 1 aromatic heterocycles. The fraction of sp³-hybridized carbons (Fsp3) is 0.333. The second-order valence-corrected chi connectivity index (χ2v) is 7.54. The third kappa shape index (κ3) is 2.89. The van der Waals surface area contributed by atoms with Gasteiger partial charge in [0.1, 0.15) is 5.69 Å². The Bertz CT molecular complexity index is 833. The van der Waals surface area contributed by atoms with Gasteiger partial charge in [0, 0.05) is 11.4 Å². The molecule has 2 aromatic rings. The largest absolute Gasteiger partial charge is 0.481 e. The van der Waals surface area contributed by atoms with E-state index in [1.165, 1.54) is 7.11 Å². The molecule has 1 saturated heterocycles. The van der Waals surface area contributed by atoms with E-state index in [4.69, 9.17) is 4.74 Å². The number of aromatic nitrogens is 1. The smallest absolute Gasteiger partial charge is 0.270 e. The number of nitrogens with zero attached hydrogens (tertiary/aromatic N) is 1. The summed E-state index contributed by atoms with van der Waals surface area (Å²) in [4.78, 5) is 16.5. The second-order valence-electron chi connectivity index (χ2n) is 5.31. The van der Waals surface area contributed by atoms with Crippen LogP contribution in [0.5, 0.6) is 5.88 Å². The standard InChI is InChI=1S/C15H16N2O4S/c1-21-15-12-5-3-2-4-10(12)8-13(17-15)14(18)16-11-6-7-22(19,20)9-11/h2-5,8,11H,6-7,9H2,1H3,(H,16,18)/t11-/m1/s1. The number of benzene rings is 1. The van der Waals surface area contributed by atoms with E-state index < -0.39 is 9.84 Å². The molecule has 0 bridgehead atoms. The molecule has 0 spiro atoms. The van der Waals surface area contributed by atoms with Gasteiger partial charge in [0.2, 0.25) is 5.88 Å². The Labute approximate surface area is 128 Å². The molecule has 1 N–H and O–H groups in total. The third-order valence-electron chi connectivity index (χ3n) is 3.70. The van der Waals surface area contributed by atoms with Gasteiger partial charge in [-0.25, -0.2) is 13.4 Å². The van der Waals surface area contributed by atoms with Crippen molar-refractivity contribution in [1.29, 1.82) is 0 Å². The molecule has 1 amide bonds. The first-order valence-corrected chi connectivity index (χ1v) is 8.76. The summed E-state index contributed by atoms with van der Waals surface area (Å²) < 4.78 is 28.1. The molecule has 1 fully saturated rings. The fourth-order valence-corrected chi connectivity index (χ4v) is 4.28. The number of hydrogen-bond acceptors (Lipinski definition) is 5. The average Bonchev–Trinajstić information content (AvgIpc) is 2.84. The van der Waals surface area contributed by atoms with Crippen molar-refractivity contribution in [2.24, 2.45) is 0 Å². The molecule has 1 atom stereocenters. The number of carbonyl (C=O) groups excluding carboxylic acids is 1. The van der Waals surface area contributed by atoms with Crippen molar-refractivity contribution in [3.05, 3.63) is 36.0 Å². The third-order valence-corrected chi connectivity index (χ3v) is 5.47. The molecule has 7 heteroatoms. The Hall–Kier alpha value is -2.15. The van der Waals surface area contributed by atoms with E-state index in [0.717, 1.165) is 10.8 Å². The number of fused-ring (bicyclic) bond motifs is 1. The topological polar surface area (TPSA) is 85.4 Å². The van der Waals surface area contributed by atoms with Gasteiger partial charge in [-0.05, 0) is 23.9 Å². The molecule has 116 valence electrons. The van der Waals surface area contributed by atoms with Gasteiger partial charge in [-0.15, -0.1) is 0 Å². The minimum Gasteiger partial charge on any atom is -0.481 e. The predicted octanol–water partition coefficient (Wildman–Crippen LogP) is 1.16. The van der Waals surface area contributed by atoms with Crippen molar-refractivity contribution < 1.29 is 17.9 Å². The predicted molar refractivity (Wildman–Crippen MR) is 82.8 cm³/mol. The number of carbonyl (C=O) groups is 1. The molecule has 1 aromatic carbocycles. The van der Waals surface area contributed by atoms with Gasteiger partial charge in [-0.1, -0.05) is 18.2 Å². The lowest BCUT2D eigenvalue weighted by Crippen LogP contribution is -2.36. The zero-order valence-corrected chi connectivity index (χ0v) is 12.9. The van der Waals surface area contributed by atoms with Crippen molar-refractivity contribution >= 4 is 26.5 Å². The Kier molecular flexibility index (Phi) is 3.74. The maximum atomic E-state index is 12.3. The minimum absolute atomic E-state index is 0.0105. The molecule has 22 heavy (non-hydrogen) atoms. The minimum atomic E-state index is -3.03. The number of amides is 1. The Morgan fingerprint density at radius 2 is 2.14 bits per heavy atom. The van der Waals surface area contributed by atoms with E-state index in [9.17, 15) is 13.2 Å². The molecule has 3 rings (SSSR count). The molecule has 6 nitrogen and oxygen atoms in total. The number of hydrogen-bond donors (Lipinski definition) is 1. The number of pyridine rings is 1. The van der Waals surface area contributed by atoms with Crippen molar-refractivity contribution in [2.45, 2.75) is 12.5 Å². The van der Waals surface area contributed by atoms with Crippen LogP contribution in [0.2, 0.25) is 0 Å². The van der Waals surface area contributed by atoms with E-state index in [0.29, 0.717) is 12.3 Å². The highest BCUT2D eigenvalue weighted by atomic mass is 32.2. The van der Waals surface area contributed by atoms with Crippen LogP contribution in [0.25, 0.3) is 10.8 Å². The van der Waals surface area contributed by atoms with Gasteiger partial charge in [0.15, 0.2) is 9.84 Å². The van der Waals surface area contributed by atoms with E-state index in [1.54, 1.807) is 6.07 Å².